The molecule has 3 N–H and O–H groups in total. The first kappa shape index (κ1) is 9.36. The Kier molecular flexibility index (Phi) is 2.07. The van der Waals surface area contributed by atoms with Gasteiger partial charge in [-0.1, -0.05) is 0 Å². The van der Waals surface area contributed by atoms with E-state index in [1.54, 1.807) is 0 Å². The lowest BCUT2D eigenvalue weighted by Gasteiger charge is -2.20. The van der Waals surface area contributed by atoms with Gasteiger partial charge in [0.05, 0.1) is 11.3 Å². The fourth-order valence-electron chi connectivity index (χ4n) is 2.73. The normalized spacial score (nSPS) is 29.7. The highest BCUT2D eigenvalue weighted by Gasteiger charge is 2.33. The number of hydrogen-bond acceptors (Lipinski definition) is 3. The van der Waals surface area contributed by atoms with Crippen molar-refractivity contribution in [1.82, 2.24) is 15.5 Å². The van der Waals surface area contributed by atoms with Crippen molar-refractivity contribution in [2.45, 2.75) is 37.7 Å². The van der Waals surface area contributed by atoms with E-state index >= 15 is 0 Å². The lowest BCUT2D eigenvalue weighted by atomic mass is 9.95. The van der Waals surface area contributed by atoms with E-state index in [4.69, 9.17) is 0 Å². The summed E-state index contributed by atoms with van der Waals surface area (Å²) in [7, 11) is 0. The smallest absolute Gasteiger partial charge is 0.0839 e. The number of aromatic nitrogens is 2. The molecule has 0 spiro atoms. The minimum absolute atomic E-state index is 0.564. The molecule has 1 aromatic rings. The summed E-state index contributed by atoms with van der Waals surface area (Å²) in [6.07, 6.45) is 5.03. The average molecular weight is 207 g/mol. The highest BCUT2D eigenvalue weighted by atomic mass is 16.3. The molecule has 0 saturated carbocycles. The van der Waals surface area contributed by atoms with Gasteiger partial charge in [0, 0.05) is 18.7 Å². The van der Waals surface area contributed by atoms with E-state index in [9.17, 15) is 5.11 Å². The largest absolute Gasteiger partial charge is 0.388 e. The Morgan fingerprint density at radius 1 is 1.40 bits per heavy atom. The number of nitrogens with one attached hydrogen (secondary N) is 2. The van der Waals surface area contributed by atoms with Crippen LogP contribution in [0.25, 0.3) is 0 Å². The summed E-state index contributed by atoms with van der Waals surface area (Å²) >= 11 is 0. The second kappa shape index (κ2) is 3.32. The van der Waals surface area contributed by atoms with Crippen molar-refractivity contribution in [2.75, 3.05) is 13.1 Å². The highest BCUT2D eigenvalue weighted by molar-refractivity contribution is 5.30. The quantitative estimate of drug-likeness (QED) is 0.647. The third-order valence-electron chi connectivity index (χ3n) is 3.61. The van der Waals surface area contributed by atoms with Crippen molar-refractivity contribution in [3.05, 3.63) is 17.0 Å². The molecule has 1 atom stereocenters. The predicted octanol–water partition coefficient (Wildman–Crippen LogP) is 0.165. The van der Waals surface area contributed by atoms with Gasteiger partial charge in [-0.25, -0.2) is 0 Å². The Balaban J connectivity index is 1.82. The third-order valence-corrected chi connectivity index (χ3v) is 3.61. The summed E-state index contributed by atoms with van der Waals surface area (Å²) in [6, 6.07) is 0. The van der Waals surface area contributed by atoms with Gasteiger partial charge < -0.3 is 10.4 Å². The van der Waals surface area contributed by atoms with Gasteiger partial charge in [0.2, 0.25) is 0 Å². The number of H-pyrrole nitrogens is 1. The lowest BCUT2D eigenvalue weighted by Crippen LogP contribution is -2.34. The minimum atomic E-state index is -0.564. The molecule has 1 aromatic heterocycles. The predicted molar refractivity (Wildman–Crippen MR) is 56.8 cm³/mol. The third kappa shape index (κ3) is 1.58. The average Bonchev–Trinajstić information content (AvgIpc) is 2.85. The molecular weight excluding hydrogens is 190 g/mol. The molecular formula is C11H17N3O. The second-order valence-electron chi connectivity index (χ2n) is 4.81. The molecule has 1 aliphatic heterocycles. The zero-order valence-electron chi connectivity index (χ0n) is 8.84. The van der Waals surface area contributed by atoms with Crippen molar-refractivity contribution in [2.24, 2.45) is 0 Å². The van der Waals surface area contributed by atoms with Crippen molar-refractivity contribution in [3.8, 4) is 0 Å². The molecule has 1 fully saturated rings. The zero-order valence-corrected chi connectivity index (χ0v) is 8.84. The van der Waals surface area contributed by atoms with E-state index in [0.29, 0.717) is 13.0 Å². The molecule has 0 aromatic carbocycles. The number of fused-ring (bicyclic) bond motifs is 1. The van der Waals surface area contributed by atoms with E-state index in [0.717, 1.165) is 31.5 Å². The second-order valence-corrected chi connectivity index (χ2v) is 4.81. The van der Waals surface area contributed by atoms with E-state index < -0.39 is 5.60 Å². The molecule has 82 valence electrons. The molecule has 2 heterocycles. The van der Waals surface area contributed by atoms with Crippen molar-refractivity contribution >= 4 is 0 Å². The van der Waals surface area contributed by atoms with E-state index in [1.807, 2.05) is 0 Å². The molecule has 15 heavy (non-hydrogen) atoms. The first-order valence-electron chi connectivity index (χ1n) is 5.75. The molecule has 4 heteroatoms. The summed E-state index contributed by atoms with van der Waals surface area (Å²) in [5.74, 6) is 0. The lowest BCUT2D eigenvalue weighted by molar-refractivity contribution is 0.0607. The molecule has 2 aliphatic rings. The van der Waals surface area contributed by atoms with Crippen LogP contribution in [0, 0.1) is 0 Å². The van der Waals surface area contributed by atoms with Gasteiger partial charge in [0.25, 0.3) is 0 Å². The van der Waals surface area contributed by atoms with Crippen LogP contribution in [0.5, 0.6) is 0 Å². The molecule has 4 nitrogen and oxygen atoms in total. The SMILES string of the molecule is OC1(Cc2n[nH]c3c2CCC3)CCNC1. The van der Waals surface area contributed by atoms with Crippen molar-refractivity contribution in [3.63, 3.8) is 0 Å². The summed E-state index contributed by atoms with van der Waals surface area (Å²) in [5.41, 5.74) is 3.19. The number of hydrogen-bond donors (Lipinski definition) is 3. The Labute approximate surface area is 89.1 Å². The summed E-state index contributed by atoms with van der Waals surface area (Å²) in [6.45, 7) is 1.62. The first-order chi connectivity index (χ1) is 7.27. The standard InChI is InChI=1S/C11H17N3O/c15-11(4-5-12-7-11)6-10-8-2-1-3-9(8)13-14-10/h12,15H,1-7H2,(H,13,14). The number of rotatable bonds is 2. The van der Waals surface area contributed by atoms with Crippen LogP contribution in [0.3, 0.4) is 0 Å². The van der Waals surface area contributed by atoms with Crippen LogP contribution < -0.4 is 5.32 Å². The number of aliphatic hydroxyl groups is 1. The van der Waals surface area contributed by atoms with E-state index in [-0.39, 0.29) is 0 Å². The molecule has 0 amide bonds. The minimum Gasteiger partial charge on any atom is -0.388 e. The maximum Gasteiger partial charge on any atom is 0.0839 e. The van der Waals surface area contributed by atoms with Gasteiger partial charge >= 0.3 is 0 Å². The summed E-state index contributed by atoms with van der Waals surface area (Å²) in [4.78, 5) is 0. The molecule has 0 radical (unpaired) electrons. The monoisotopic (exact) mass is 207 g/mol. The summed E-state index contributed by atoms with van der Waals surface area (Å²) in [5, 5.41) is 20.9. The van der Waals surface area contributed by atoms with Gasteiger partial charge in [-0.15, -0.1) is 0 Å². The van der Waals surface area contributed by atoms with Crippen molar-refractivity contribution < 1.29 is 5.11 Å². The number of β-amino-alcohol motifs (C(OH)–C–C–N with tert-alkyl or cyclic N) is 1. The van der Waals surface area contributed by atoms with Gasteiger partial charge in [-0.2, -0.15) is 5.10 Å². The van der Waals surface area contributed by atoms with Crippen LogP contribution in [-0.2, 0) is 19.3 Å². The Morgan fingerprint density at radius 3 is 3.13 bits per heavy atom. The van der Waals surface area contributed by atoms with Gasteiger partial charge in [-0.05, 0) is 37.8 Å². The van der Waals surface area contributed by atoms with Crippen LogP contribution >= 0.6 is 0 Å². The topological polar surface area (TPSA) is 60.9 Å². The number of nitrogens with zero attached hydrogens (tertiary/aromatic N) is 1. The van der Waals surface area contributed by atoms with Crippen LogP contribution in [-0.4, -0.2) is 34.0 Å². The van der Waals surface area contributed by atoms with Gasteiger partial charge in [-0.3, -0.25) is 5.10 Å². The zero-order chi connectivity index (χ0) is 10.3. The first-order valence-corrected chi connectivity index (χ1v) is 5.75. The fraction of sp³-hybridized carbons (Fsp3) is 0.727. The molecule has 1 unspecified atom stereocenters. The maximum absolute atomic E-state index is 10.3. The molecule has 1 saturated heterocycles. The highest BCUT2D eigenvalue weighted by Crippen LogP contribution is 2.27. The van der Waals surface area contributed by atoms with Crippen LogP contribution in [0.1, 0.15) is 29.8 Å². The van der Waals surface area contributed by atoms with E-state index in [1.165, 1.54) is 17.7 Å². The van der Waals surface area contributed by atoms with Crippen molar-refractivity contribution in [1.29, 1.82) is 0 Å². The summed E-state index contributed by atoms with van der Waals surface area (Å²) < 4.78 is 0. The van der Waals surface area contributed by atoms with Crippen LogP contribution in [0.2, 0.25) is 0 Å². The molecule has 3 rings (SSSR count). The fourth-order valence-corrected chi connectivity index (χ4v) is 2.73. The van der Waals surface area contributed by atoms with Crippen LogP contribution in [0.4, 0.5) is 0 Å². The Bertz CT molecular complexity index is 366. The number of aromatic amines is 1. The molecule has 1 aliphatic carbocycles. The number of aryl methyl sites for hydroxylation is 1. The maximum atomic E-state index is 10.3. The molecule has 0 bridgehead atoms. The van der Waals surface area contributed by atoms with Gasteiger partial charge in [0.15, 0.2) is 0 Å². The van der Waals surface area contributed by atoms with E-state index in [2.05, 4.69) is 15.5 Å². The van der Waals surface area contributed by atoms with Crippen LogP contribution in [0.15, 0.2) is 0 Å². The van der Waals surface area contributed by atoms with Gasteiger partial charge in [0.1, 0.15) is 0 Å². The Hall–Kier alpha value is -0.870. The Morgan fingerprint density at radius 2 is 2.33 bits per heavy atom.